The summed E-state index contributed by atoms with van der Waals surface area (Å²) < 4.78 is 14.2. The van der Waals surface area contributed by atoms with Crippen LogP contribution in [0.5, 0.6) is 0 Å². The van der Waals surface area contributed by atoms with Gasteiger partial charge in [-0.25, -0.2) is 19.4 Å². The fourth-order valence-corrected chi connectivity index (χ4v) is 16.3. The first-order valence-electron chi connectivity index (χ1n) is 38.1. The summed E-state index contributed by atoms with van der Waals surface area (Å²) in [6, 6.07) is 85.2. The first kappa shape index (κ1) is 74.7. The molecule has 109 heavy (non-hydrogen) atoms. The van der Waals surface area contributed by atoms with Crippen LogP contribution in [-0.2, 0) is 0 Å². The van der Waals surface area contributed by atoms with Gasteiger partial charge in [-0.15, -0.1) is 0 Å². The SMILES string of the molecule is Cc1ccc2c(c1)c1cc(C)ccc1n2C(C)C.Cc1ccc2c(c1)c1ccccc1n2C(C)C.[C-]#[N+]c1ccc2c(c1)c1cc(C)ccc1n2C(C)C.[C-]#[N+]c1ccc2c(c1)c1ccccc1n2C(C)C.[C-]#[N+]c1ccc2c3ccc(C)cc3n(C(C)C)c2c1.[C-]#[N+]c1ccc2c3ccccc3n(C(C)C)c2c1. The van der Waals surface area contributed by atoms with Gasteiger partial charge >= 0.3 is 0 Å². The number of aromatic nitrogens is 6. The van der Waals surface area contributed by atoms with Crippen LogP contribution in [0.4, 0.5) is 22.7 Å². The molecule has 18 rings (SSSR count). The molecule has 0 spiro atoms. The molecule has 0 aliphatic carbocycles. The monoisotopic (exact) mass is 1420 g/mol. The molecular weight excluding hydrogens is 1330 g/mol. The van der Waals surface area contributed by atoms with Gasteiger partial charge in [0.05, 0.1) is 26.3 Å². The van der Waals surface area contributed by atoms with E-state index in [0.29, 0.717) is 59.0 Å². The molecule has 12 aromatic carbocycles. The zero-order valence-corrected chi connectivity index (χ0v) is 66.0. The van der Waals surface area contributed by atoms with E-state index in [9.17, 15) is 0 Å². The standard InChI is InChI=1S/2C17H16N2.C17H19N.2C16H14N2.C16H17N/c1-11(2)19-16-7-5-12(3)9-14(16)15-10-13(18-4)6-8-17(15)19;1-11(2)19-16-9-12(3)5-7-14(16)15-8-6-13(18-4)10-17(15)19;1-11(2)18-16-7-5-12(3)9-14(16)15-10-13(4)6-8-17(15)18;1-11(2)18-15-7-5-4-6-13(15)14-10-12(17-3)8-9-16(14)18;1-11(2)18-15-7-5-4-6-13(15)14-9-8-12(17-3)10-16(14)18;1-11(2)17-15-7-5-4-6-13(15)14-10-12(3)8-9-16(14)17/h2*5-11H,1-3H3;5-11H,1-4H3;2*4-11H,1-2H3;4-11H,1-3H3. The van der Waals surface area contributed by atoms with Gasteiger partial charge in [-0.05, 0) is 243 Å². The lowest BCUT2D eigenvalue weighted by molar-refractivity contribution is 0.642. The van der Waals surface area contributed by atoms with Gasteiger partial charge in [-0.3, -0.25) is 0 Å². The van der Waals surface area contributed by atoms with Crippen LogP contribution in [0, 0.1) is 60.9 Å². The molecule has 18 aromatic rings. The van der Waals surface area contributed by atoms with Crippen molar-refractivity contribution >= 4 is 154 Å². The number of nitrogens with zero attached hydrogens (tertiary/aromatic N) is 10. The Morgan fingerprint density at radius 2 is 0.367 bits per heavy atom. The van der Waals surface area contributed by atoms with Crippen LogP contribution in [-0.4, -0.2) is 27.4 Å². The molecule has 542 valence electrons. The van der Waals surface area contributed by atoms with Crippen LogP contribution >= 0.6 is 0 Å². The number of aryl methyl sites for hydroxylation is 5. The normalized spacial score (nSPS) is 11.4. The smallest absolute Gasteiger partial charge is 0.189 e. The maximum atomic E-state index is 7.18. The molecule has 0 bridgehead atoms. The Kier molecular flexibility index (Phi) is 21.3. The Labute approximate surface area is 641 Å². The summed E-state index contributed by atoms with van der Waals surface area (Å²) in [5, 5.41) is 15.3. The zero-order valence-electron chi connectivity index (χ0n) is 66.0. The predicted octanol–water partition coefficient (Wildman–Crippen LogP) is 30.0. The van der Waals surface area contributed by atoms with Crippen LogP contribution in [0.15, 0.2) is 237 Å². The molecule has 0 amide bonds. The summed E-state index contributed by atoms with van der Waals surface area (Å²) in [6.45, 7) is 65.8. The minimum absolute atomic E-state index is 0.378. The summed E-state index contributed by atoms with van der Waals surface area (Å²) in [5.74, 6) is 0. The van der Waals surface area contributed by atoms with Crippen molar-refractivity contribution in [1.82, 2.24) is 27.4 Å². The first-order chi connectivity index (χ1) is 52.4. The summed E-state index contributed by atoms with van der Waals surface area (Å²) in [7, 11) is 0. The van der Waals surface area contributed by atoms with Crippen LogP contribution in [0.2, 0.25) is 0 Å². The van der Waals surface area contributed by atoms with E-state index in [1.54, 1.807) is 0 Å². The highest BCUT2D eigenvalue weighted by atomic mass is 15.0. The van der Waals surface area contributed by atoms with E-state index in [4.69, 9.17) is 26.3 Å². The summed E-state index contributed by atoms with van der Waals surface area (Å²) in [6.07, 6.45) is 0. The molecule has 10 heteroatoms. The minimum atomic E-state index is 0.378. The van der Waals surface area contributed by atoms with Crippen LogP contribution in [0.1, 0.15) is 147 Å². The second kappa shape index (κ2) is 31.1. The van der Waals surface area contributed by atoms with E-state index in [2.05, 4.69) is 353 Å². The minimum Gasteiger partial charge on any atom is -0.339 e. The molecule has 0 aliphatic rings. The van der Waals surface area contributed by atoms with Gasteiger partial charge in [0.1, 0.15) is 0 Å². The summed E-state index contributed by atoms with van der Waals surface area (Å²) in [5.41, 5.74) is 24.4. The van der Waals surface area contributed by atoms with Gasteiger partial charge in [-0.1, -0.05) is 150 Å². The van der Waals surface area contributed by atoms with E-state index < -0.39 is 0 Å². The Bertz CT molecular complexity index is 6620. The van der Waals surface area contributed by atoms with Crippen LogP contribution in [0.25, 0.3) is 150 Å². The highest BCUT2D eigenvalue weighted by Crippen LogP contribution is 2.41. The van der Waals surface area contributed by atoms with Gasteiger partial charge in [0, 0.05) is 156 Å². The number of hydrogen-bond donors (Lipinski definition) is 0. The number of para-hydroxylation sites is 3. The average molecular weight is 1430 g/mol. The summed E-state index contributed by atoms with van der Waals surface area (Å²) in [4.78, 5) is 14.1. The van der Waals surface area contributed by atoms with Crippen molar-refractivity contribution in [3.8, 4) is 0 Å². The average Bonchev–Trinajstić information content (AvgIpc) is 1.64. The Hall–Kier alpha value is -12.6. The second-order valence-electron chi connectivity index (χ2n) is 30.7. The second-order valence-corrected chi connectivity index (χ2v) is 30.7. The summed E-state index contributed by atoms with van der Waals surface area (Å²) >= 11 is 0. The number of hydrogen-bond acceptors (Lipinski definition) is 0. The molecule has 0 fully saturated rings. The first-order valence-corrected chi connectivity index (χ1v) is 38.1. The van der Waals surface area contributed by atoms with Crippen molar-refractivity contribution in [2.45, 2.75) is 154 Å². The largest absolute Gasteiger partial charge is 0.339 e. The van der Waals surface area contributed by atoms with E-state index in [1.165, 1.54) is 148 Å². The highest BCUT2D eigenvalue weighted by Gasteiger charge is 2.19. The number of fused-ring (bicyclic) bond motifs is 18. The molecule has 0 saturated carbocycles. The lowest BCUT2D eigenvalue weighted by Crippen LogP contribution is -1.99. The third-order valence-corrected chi connectivity index (χ3v) is 20.9. The third-order valence-electron chi connectivity index (χ3n) is 20.9. The van der Waals surface area contributed by atoms with Crippen LogP contribution < -0.4 is 0 Å². The van der Waals surface area contributed by atoms with Gasteiger partial charge < -0.3 is 27.4 Å². The molecule has 0 unspecified atom stereocenters. The molecular formula is C99H96N10. The van der Waals surface area contributed by atoms with Crippen molar-refractivity contribution in [2.24, 2.45) is 0 Å². The molecule has 0 radical (unpaired) electrons. The van der Waals surface area contributed by atoms with Gasteiger partial charge in [0.25, 0.3) is 0 Å². The van der Waals surface area contributed by atoms with E-state index in [1.807, 2.05) is 48.5 Å². The van der Waals surface area contributed by atoms with Crippen molar-refractivity contribution in [3.05, 3.63) is 310 Å². The molecule has 10 nitrogen and oxygen atoms in total. The Balaban J connectivity index is 0.000000115. The van der Waals surface area contributed by atoms with Crippen molar-refractivity contribution in [2.75, 3.05) is 0 Å². The number of rotatable bonds is 6. The molecule has 0 N–H and O–H groups in total. The van der Waals surface area contributed by atoms with Crippen molar-refractivity contribution in [3.63, 3.8) is 0 Å². The zero-order chi connectivity index (χ0) is 77.4. The molecule has 6 heterocycles. The fourth-order valence-electron chi connectivity index (χ4n) is 16.3. The Morgan fingerprint density at radius 1 is 0.183 bits per heavy atom. The molecule has 0 saturated heterocycles. The fraction of sp³-hybridized carbons (Fsp3) is 0.232. The maximum Gasteiger partial charge on any atom is 0.189 e. The van der Waals surface area contributed by atoms with Gasteiger partial charge in [0.15, 0.2) is 22.7 Å². The van der Waals surface area contributed by atoms with Gasteiger partial charge in [0.2, 0.25) is 0 Å². The lowest BCUT2D eigenvalue weighted by Gasteiger charge is -2.11. The third kappa shape index (κ3) is 14.3. The quantitative estimate of drug-likeness (QED) is 0.149. The highest BCUT2D eigenvalue weighted by molar-refractivity contribution is 6.14. The van der Waals surface area contributed by atoms with Gasteiger partial charge in [-0.2, -0.15) is 0 Å². The van der Waals surface area contributed by atoms with Crippen LogP contribution in [0.3, 0.4) is 0 Å². The molecule has 0 atom stereocenters. The lowest BCUT2D eigenvalue weighted by atomic mass is 10.1. The van der Waals surface area contributed by atoms with E-state index in [0.717, 1.165) is 11.0 Å². The topological polar surface area (TPSA) is 47.0 Å². The van der Waals surface area contributed by atoms with E-state index >= 15 is 0 Å². The van der Waals surface area contributed by atoms with E-state index in [-0.39, 0.29) is 0 Å². The molecule has 0 aliphatic heterocycles. The van der Waals surface area contributed by atoms with Crippen molar-refractivity contribution < 1.29 is 0 Å². The number of benzene rings is 12. The maximum absolute atomic E-state index is 7.18. The molecule has 6 aromatic heterocycles. The Morgan fingerprint density at radius 3 is 0.679 bits per heavy atom. The van der Waals surface area contributed by atoms with Crippen molar-refractivity contribution in [1.29, 1.82) is 0 Å². The predicted molar refractivity (Wildman–Crippen MR) is 468 cm³/mol.